The van der Waals surface area contributed by atoms with Crippen LogP contribution in [0, 0.1) is 0 Å². The number of aryl methyl sites for hydroxylation is 1. The van der Waals surface area contributed by atoms with Crippen molar-refractivity contribution in [3.8, 4) is 11.5 Å². The van der Waals surface area contributed by atoms with Gasteiger partial charge in [-0.25, -0.2) is 0 Å². The number of pyridine rings is 1. The Morgan fingerprint density at radius 1 is 1.16 bits per heavy atom. The van der Waals surface area contributed by atoms with E-state index in [1.807, 2.05) is 29.8 Å². The van der Waals surface area contributed by atoms with Gasteiger partial charge in [0.25, 0.3) is 0 Å². The number of hydrogen-bond donors (Lipinski definition) is 1. The first-order valence-corrected chi connectivity index (χ1v) is 5.92. The predicted octanol–water partition coefficient (Wildman–Crippen LogP) is 2.41. The van der Waals surface area contributed by atoms with Gasteiger partial charge in [-0.2, -0.15) is 0 Å². The van der Waals surface area contributed by atoms with Crippen LogP contribution in [0.25, 0.3) is 21.8 Å². The summed E-state index contributed by atoms with van der Waals surface area (Å²) in [5, 5.41) is 11.2. The third-order valence-electron chi connectivity index (χ3n) is 3.39. The van der Waals surface area contributed by atoms with Gasteiger partial charge in [-0.3, -0.25) is 4.79 Å². The number of para-hydroxylation sites is 1. The van der Waals surface area contributed by atoms with Crippen molar-refractivity contribution in [3.05, 3.63) is 46.6 Å². The molecule has 0 fully saturated rings. The average molecular weight is 255 g/mol. The van der Waals surface area contributed by atoms with Crippen LogP contribution in [0.3, 0.4) is 0 Å². The first-order valence-electron chi connectivity index (χ1n) is 5.92. The van der Waals surface area contributed by atoms with Gasteiger partial charge in [0.1, 0.15) is 11.5 Å². The van der Waals surface area contributed by atoms with Gasteiger partial charge in [-0.1, -0.05) is 12.1 Å². The Hall–Kier alpha value is -2.49. The van der Waals surface area contributed by atoms with E-state index in [1.165, 1.54) is 13.2 Å². The Morgan fingerprint density at radius 3 is 2.63 bits per heavy atom. The molecule has 0 aliphatic rings. The fraction of sp³-hybridized carbons (Fsp3) is 0.133. The number of ether oxygens (including phenoxy) is 1. The highest BCUT2D eigenvalue weighted by molar-refractivity contribution is 5.96. The fourth-order valence-electron chi connectivity index (χ4n) is 2.46. The van der Waals surface area contributed by atoms with Crippen molar-refractivity contribution in [2.45, 2.75) is 0 Å². The smallest absolute Gasteiger partial charge is 0.197 e. The van der Waals surface area contributed by atoms with Crippen molar-refractivity contribution in [1.29, 1.82) is 0 Å². The van der Waals surface area contributed by atoms with E-state index in [0.29, 0.717) is 22.0 Å². The molecular formula is C15H13NO3. The van der Waals surface area contributed by atoms with E-state index >= 15 is 0 Å². The van der Waals surface area contributed by atoms with Crippen molar-refractivity contribution in [1.82, 2.24) is 4.57 Å². The number of nitrogens with zero attached hydrogens (tertiary/aromatic N) is 1. The summed E-state index contributed by atoms with van der Waals surface area (Å²) in [4.78, 5) is 12.5. The Kier molecular flexibility index (Phi) is 2.45. The number of phenols is 1. The fourth-order valence-corrected chi connectivity index (χ4v) is 2.46. The Morgan fingerprint density at radius 2 is 1.89 bits per heavy atom. The number of benzene rings is 2. The monoisotopic (exact) mass is 255 g/mol. The van der Waals surface area contributed by atoms with Crippen LogP contribution >= 0.6 is 0 Å². The van der Waals surface area contributed by atoms with Crippen LogP contribution in [0.4, 0.5) is 0 Å². The molecule has 1 heterocycles. The van der Waals surface area contributed by atoms with Crippen LogP contribution in [-0.2, 0) is 7.05 Å². The lowest BCUT2D eigenvalue weighted by Gasteiger charge is -2.12. The van der Waals surface area contributed by atoms with E-state index < -0.39 is 0 Å². The van der Waals surface area contributed by atoms with Gasteiger partial charge in [-0.05, 0) is 18.2 Å². The molecule has 0 atom stereocenters. The van der Waals surface area contributed by atoms with Crippen LogP contribution in [0.1, 0.15) is 0 Å². The summed E-state index contributed by atoms with van der Waals surface area (Å²) in [6.07, 6.45) is 0. The van der Waals surface area contributed by atoms with Gasteiger partial charge in [0, 0.05) is 18.5 Å². The second-order valence-electron chi connectivity index (χ2n) is 4.45. The maximum absolute atomic E-state index is 12.5. The minimum atomic E-state index is -0.0992. The summed E-state index contributed by atoms with van der Waals surface area (Å²) >= 11 is 0. The van der Waals surface area contributed by atoms with Crippen molar-refractivity contribution in [2.24, 2.45) is 7.05 Å². The van der Waals surface area contributed by atoms with Gasteiger partial charge in [0.2, 0.25) is 0 Å². The van der Waals surface area contributed by atoms with Crippen molar-refractivity contribution in [3.63, 3.8) is 0 Å². The third kappa shape index (κ3) is 1.57. The molecule has 4 nitrogen and oxygen atoms in total. The molecule has 0 radical (unpaired) electrons. The summed E-state index contributed by atoms with van der Waals surface area (Å²) < 4.78 is 6.92. The summed E-state index contributed by atoms with van der Waals surface area (Å²) in [5.74, 6) is 0.511. The van der Waals surface area contributed by atoms with Gasteiger partial charge in [-0.15, -0.1) is 0 Å². The van der Waals surface area contributed by atoms with E-state index in [2.05, 4.69) is 0 Å². The van der Waals surface area contributed by atoms with Crippen LogP contribution < -0.4 is 10.2 Å². The maximum atomic E-state index is 12.5. The lowest BCUT2D eigenvalue weighted by molar-refractivity contribution is 0.409. The molecule has 3 rings (SSSR count). The van der Waals surface area contributed by atoms with Gasteiger partial charge in [0.15, 0.2) is 5.43 Å². The van der Waals surface area contributed by atoms with Crippen LogP contribution in [0.5, 0.6) is 11.5 Å². The van der Waals surface area contributed by atoms with Crippen molar-refractivity contribution >= 4 is 21.8 Å². The lowest BCUT2D eigenvalue weighted by Crippen LogP contribution is -2.09. The number of fused-ring (bicyclic) bond motifs is 2. The highest BCUT2D eigenvalue weighted by Gasteiger charge is 2.13. The summed E-state index contributed by atoms with van der Waals surface area (Å²) in [6, 6.07) is 10.5. The predicted molar refractivity (Wildman–Crippen MR) is 74.9 cm³/mol. The number of methoxy groups -OCH3 is 1. The number of rotatable bonds is 1. The van der Waals surface area contributed by atoms with Crippen molar-refractivity contribution < 1.29 is 9.84 Å². The molecule has 0 aliphatic carbocycles. The van der Waals surface area contributed by atoms with Crippen LogP contribution in [0.2, 0.25) is 0 Å². The molecule has 0 aliphatic heterocycles. The number of aromatic nitrogens is 1. The number of hydrogen-bond acceptors (Lipinski definition) is 3. The zero-order valence-electron chi connectivity index (χ0n) is 10.7. The summed E-state index contributed by atoms with van der Waals surface area (Å²) in [7, 11) is 3.34. The average Bonchev–Trinajstić information content (AvgIpc) is 2.44. The molecule has 1 aromatic heterocycles. The zero-order chi connectivity index (χ0) is 13.6. The molecule has 1 N–H and O–H groups in total. The Bertz CT molecular complexity index is 849. The van der Waals surface area contributed by atoms with E-state index in [1.54, 1.807) is 12.1 Å². The summed E-state index contributed by atoms with van der Waals surface area (Å²) in [6.45, 7) is 0. The quantitative estimate of drug-likeness (QED) is 0.679. The second-order valence-corrected chi connectivity index (χ2v) is 4.45. The van der Waals surface area contributed by atoms with E-state index in [9.17, 15) is 9.90 Å². The van der Waals surface area contributed by atoms with Gasteiger partial charge < -0.3 is 14.4 Å². The van der Waals surface area contributed by atoms with Crippen molar-refractivity contribution in [2.75, 3.05) is 7.11 Å². The molecule has 0 spiro atoms. The molecule has 3 aromatic rings. The molecule has 0 unspecified atom stereocenters. The molecule has 2 aromatic carbocycles. The minimum absolute atomic E-state index is 0.0414. The van der Waals surface area contributed by atoms with E-state index in [4.69, 9.17) is 4.74 Å². The maximum Gasteiger partial charge on any atom is 0.197 e. The highest BCUT2D eigenvalue weighted by Crippen LogP contribution is 2.30. The van der Waals surface area contributed by atoms with E-state index in [0.717, 1.165) is 5.52 Å². The largest absolute Gasteiger partial charge is 0.506 e. The van der Waals surface area contributed by atoms with Crippen LogP contribution in [0.15, 0.2) is 41.2 Å². The number of aromatic hydroxyl groups is 1. The third-order valence-corrected chi connectivity index (χ3v) is 3.39. The first kappa shape index (κ1) is 11.6. The molecule has 0 amide bonds. The first-order chi connectivity index (χ1) is 9.13. The van der Waals surface area contributed by atoms with Gasteiger partial charge >= 0.3 is 0 Å². The lowest BCUT2D eigenvalue weighted by atomic mass is 10.1. The second kappa shape index (κ2) is 4.02. The van der Waals surface area contributed by atoms with E-state index in [-0.39, 0.29) is 11.2 Å². The van der Waals surface area contributed by atoms with Gasteiger partial charge in [0.05, 0.1) is 23.5 Å². The highest BCUT2D eigenvalue weighted by atomic mass is 16.5. The molecule has 0 saturated carbocycles. The normalized spacial score (nSPS) is 11.1. The molecule has 19 heavy (non-hydrogen) atoms. The molecule has 0 saturated heterocycles. The SMILES string of the molecule is COc1cc(O)c2c(c1)c(=O)c1ccccc1n2C. The molecule has 96 valence electrons. The molecule has 0 bridgehead atoms. The minimum Gasteiger partial charge on any atom is -0.506 e. The summed E-state index contributed by atoms with van der Waals surface area (Å²) in [5.41, 5.74) is 1.21. The van der Waals surface area contributed by atoms with Crippen LogP contribution in [-0.4, -0.2) is 16.8 Å². The Labute approximate surface area is 109 Å². The zero-order valence-corrected chi connectivity index (χ0v) is 10.7. The standard InChI is InChI=1S/C15H13NO3/c1-16-12-6-4-3-5-10(12)15(18)11-7-9(19-2)8-13(17)14(11)16/h3-8,17H,1-2H3. The topological polar surface area (TPSA) is 51.5 Å². The Balaban J connectivity index is 2.64. The number of phenolic OH excluding ortho intramolecular Hbond substituents is 1. The molecular weight excluding hydrogens is 242 g/mol. The molecule has 4 heteroatoms.